The van der Waals surface area contributed by atoms with Crippen LogP contribution in [0.3, 0.4) is 0 Å². The topological polar surface area (TPSA) is 88.2 Å². The summed E-state index contributed by atoms with van der Waals surface area (Å²) in [6, 6.07) is 0.406. The van der Waals surface area contributed by atoms with Gasteiger partial charge in [0.1, 0.15) is 10.0 Å². The molecule has 1 amide bonds. The van der Waals surface area contributed by atoms with E-state index in [1.54, 1.807) is 0 Å². The molecular formula is C9H11BrClN3O3S. The largest absolute Gasteiger partial charge is 0.358 e. The molecule has 1 rings (SSSR count). The van der Waals surface area contributed by atoms with E-state index in [9.17, 15) is 13.2 Å². The third-order valence-corrected chi connectivity index (χ3v) is 4.44. The number of pyridine rings is 1. The zero-order chi connectivity index (χ0) is 13.9. The van der Waals surface area contributed by atoms with Crippen LogP contribution in [0.2, 0.25) is 5.15 Å². The molecular weight excluding hydrogens is 346 g/mol. The van der Waals surface area contributed by atoms with Crippen molar-refractivity contribution in [3.63, 3.8) is 0 Å². The lowest BCUT2D eigenvalue weighted by molar-refractivity contribution is -0.121. The van der Waals surface area contributed by atoms with E-state index in [4.69, 9.17) is 11.6 Å². The normalized spacial score (nSPS) is 13.1. The Hall–Kier alpha value is -0.700. The average molecular weight is 357 g/mol. The first-order valence-corrected chi connectivity index (χ1v) is 7.48. The van der Waals surface area contributed by atoms with Crippen LogP contribution in [-0.2, 0) is 14.8 Å². The van der Waals surface area contributed by atoms with Gasteiger partial charge in [0.05, 0.1) is 6.04 Å². The zero-order valence-electron chi connectivity index (χ0n) is 9.57. The Morgan fingerprint density at radius 1 is 1.56 bits per heavy atom. The Morgan fingerprint density at radius 3 is 2.72 bits per heavy atom. The second kappa shape index (κ2) is 5.96. The van der Waals surface area contributed by atoms with Crippen molar-refractivity contribution in [3.05, 3.63) is 21.9 Å². The number of hydrogen-bond donors (Lipinski definition) is 2. The van der Waals surface area contributed by atoms with Crippen molar-refractivity contribution in [2.24, 2.45) is 0 Å². The fraction of sp³-hybridized carbons (Fsp3) is 0.333. The number of aromatic nitrogens is 1. The van der Waals surface area contributed by atoms with Gasteiger partial charge in [-0.05, 0) is 28.9 Å². The fourth-order valence-electron chi connectivity index (χ4n) is 1.16. The van der Waals surface area contributed by atoms with Crippen LogP contribution in [0.4, 0.5) is 0 Å². The molecule has 0 aromatic carbocycles. The highest BCUT2D eigenvalue weighted by Gasteiger charge is 2.24. The fourth-order valence-corrected chi connectivity index (χ4v) is 3.31. The minimum absolute atomic E-state index is 0.158. The van der Waals surface area contributed by atoms with Gasteiger partial charge in [0.15, 0.2) is 0 Å². The minimum Gasteiger partial charge on any atom is -0.358 e. The summed E-state index contributed by atoms with van der Waals surface area (Å²) in [7, 11) is -2.49. The predicted molar refractivity (Wildman–Crippen MR) is 70.8 cm³/mol. The SMILES string of the molecule is CNC(=O)C(C)NS(=O)(=O)c1cc(Br)cnc1Cl. The van der Waals surface area contributed by atoms with E-state index in [1.165, 1.54) is 26.2 Å². The number of halogens is 2. The molecule has 0 fully saturated rings. The Morgan fingerprint density at radius 2 is 2.17 bits per heavy atom. The third kappa shape index (κ3) is 3.64. The molecule has 0 aliphatic carbocycles. The number of amides is 1. The molecule has 9 heteroatoms. The highest BCUT2D eigenvalue weighted by Crippen LogP contribution is 2.22. The first-order valence-electron chi connectivity index (χ1n) is 4.83. The van der Waals surface area contributed by atoms with Crippen LogP contribution < -0.4 is 10.0 Å². The standard InChI is InChI=1S/C9H11BrClN3O3S/c1-5(9(15)12-2)14-18(16,17)7-3-6(10)4-13-8(7)11/h3-5,14H,1-2H3,(H,12,15). The molecule has 1 unspecified atom stereocenters. The molecule has 2 N–H and O–H groups in total. The number of hydrogen-bond acceptors (Lipinski definition) is 4. The Balaban J connectivity index is 3.07. The summed E-state index contributed by atoms with van der Waals surface area (Å²) in [6.07, 6.45) is 1.38. The van der Waals surface area contributed by atoms with Crippen LogP contribution in [0.25, 0.3) is 0 Å². The van der Waals surface area contributed by atoms with Crippen molar-refractivity contribution in [1.82, 2.24) is 15.0 Å². The van der Waals surface area contributed by atoms with E-state index in [0.29, 0.717) is 4.47 Å². The summed E-state index contributed by atoms with van der Waals surface area (Å²) in [4.78, 5) is 14.8. The lowest BCUT2D eigenvalue weighted by Crippen LogP contribution is -2.43. The first kappa shape index (κ1) is 15.4. The predicted octanol–water partition coefficient (Wildman–Crippen LogP) is 0.910. The van der Waals surface area contributed by atoms with Gasteiger partial charge in [-0.3, -0.25) is 4.79 Å². The van der Waals surface area contributed by atoms with E-state index < -0.39 is 22.0 Å². The summed E-state index contributed by atoms with van der Waals surface area (Å²) >= 11 is 8.83. The molecule has 6 nitrogen and oxygen atoms in total. The zero-order valence-corrected chi connectivity index (χ0v) is 12.7. The molecule has 0 radical (unpaired) electrons. The van der Waals surface area contributed by atoms with Gasteiger partial charge in [-0.25, -0.2) is 13.4 Å². The molecule has 1 aromatic rings. The average Bonchev–Trinajstić information content (AvgIpc) is 2.30. The van der Waals surface area contributed by atoms with Gasteiger partial charge >= 0.3 is 0 Å². The summed E-state index contributed by atoms with van der Waals surface area (Å²) in [5.74, 6) is -0.447. The van der Waals surface area contributed by atoms with E-state index in [1.807, 2.05) is 0 Å². The van der Waals surface area contributed by atoms with Crippen molar-refractivity contribution < 1.29 is 13.2 Å². The van der Waals surface area contributed by atoms with Gasteiger partial charge in [-0.1, -0.05) is 11.6 Å². The quantitative estimate of drug-likeness (QED) is 0.785. The molecule has 0 saturated heterocycles. The number of nitrogens with zero attached hydrogens (tertiary/aromatic N) is 1. The smallest absolute Gasteiger partial charge is 0.244 e. The Labute approximate surface area is 118 Å². The number of carbonyl (C=O) groups is 1. The number of rotatable bonds is 4. The van der Waals surface area contributed by atoms with Crippen LogP contribution in [0.15, 0.2) is 21.6 Å². The summed E-state index contributed by atoms with van der Waals surface area (Å²) in [5, 5.41) is 2.18. The van der Waals surface area contributed by atoms with Crippen LogP contribution >= 0.6 is 27.5 Å². The Bertz CT molecular complexity index is 564. The molecule has 1 atom stereocenters. The second-order valence-electron chi connectivity index (χ2n) is 3.40. The van der Waals surface area contributed by atoms with Crippen molar-refractivity contribution in [3.8, 4) is 0 Å². The van der Waals surface area contributed by atoms with Gasteiger partial charge in [0, 0.05) is 17.7 Å². The van der Waals surface area contributed by atoms with Gasteiger partial charge in [0.2, 0.25) is 15.9 Å². The molecule has 0 aliphatic rings. The van der Waals surface area contributed by atoms with Crippen molar-refractivity contribution in [1.29, 1.82) is 0 Å². The number of sulfonamides is 1. The Kier molecular flexibility index (Phi) is 5.09. The minimum atomic E-state index is -3.90. The maximum absolute atomic E-state index is 12.0. The molecule has 18 heavy (non-hydrogen) atoms. The highest BCUT2D eigenvalue weighted by molar-refractivity contribution is 9.10. The van der Waals surface area contributed by atoms with E-state index >= 15 is 0 Å². The van der Waals surface area contributed by atoms with Crippen molar-refractivity contribution >= 4 is 43.5 Å². The monoisotopic (exact) mass is 355 g/mol. The maximum atomic E-state index is 12.0. The maximum Gasteiger partial charge on any atom is 0.244 e. The van der Waals surface area contributed by atoms with Gasteiger partial charge < -0.3 is 5.32 Å². The lowest BCUT2D eigenvalue weighted by atomic mass is 10.3. The second-order valence-corrected chi connectivity index (χ2v) is 6.36. The number of nitrogens with one attached hydrogen (secondary N) is 2. The van der Waals surface area contributed by atoms with Crippen LogP contribution in [0.5, 0.6) is 0 Å². The van der Waals surface area contributed by atoms with E-state index in [2.05, 4.69) is 31.0 Å². The van der Waals surface area contributed by atoms with Gasteiger partial charge in [-0.2, -0.15) is 4.72 Å². The summed E-state index contributed by atoms with van der Waals surface area (Å²) in [6.45, 7) is 1.43. The van der Waals surface area contributed by atoms with E-state index in [-0.39, 0.29) is 10.0 Å². The summed E-state index contributed by atoms with van der Waals surface area (Å²) in [5.41, 5.74) is 0. The molecule has 0 bridgehead atoms. The van der Waals surface area contributed by atoms with Gasteiger partial charge in [0.25, 0.3) is 0 Å². The van der Waals surface area contributed by atoms with E-state index in [0.717, 1.165) is 0 Å². The van der Waals surface area contributed by atoms with Crippen LogP contribution in [-0.4, -0.2) is 32.4 Å². The van der Waals surface area contributed by atoms with Crippen LogP contribution in [0.1, 0.15) is 6.92 Å². The molecule has 0 saturated carbocycles. The molecule has 100 valence electrons. The highest BCUT2D eigenvalue weighted by atomic mass is 79.9. The molecule has 0 spiro atoms. The first-order chi connectivity index (χ1) is 8.27. The lowest BCUT2D eigenvalue weighted by Gasteiger charge is -2.13. The number of carbonyl (C=O) groups excluding carboxylic acids is 1. The molecule has 1 aromatic heterocycles. The van der Waals surface area contributed by atoms with Gasteiger partial charge in [-0.15, -0.1) is 0 Å². The molecule has 1 heterocycles. The summed E-state index contributed by atoms with van der Waals surface area (Å²) < 4.78 is 26.7. The number of likely N-dealkylation sites (N-methyl/N-ethyl adjacent to an activating group) is 1. The van der Waals surface area contributed by atoms with Crippen LogP contribution in [0, 0.1) is 0 Å². The molecule has 0 aliphatic heterocycles. The third-order valence-electron chi connectivity index (χ3n) is 2.03. The van der Waals surface area contributed by atoms with Crippen molar-refractivity contribution in [2.45, 2.75) is 17.9 Å². The van der Waals surface area contributed by atoms with Crippen molar-refractivity contribution in [2.75, 3.05) is 7.05 Å².